The third kappa shape index (κ3) is 3.44. The van der Waals surface area contributed by atoms with Crippen LogP contribution in [0.4, 0.5) is 0 Å². The summed E-state index contributed by atoms with van der Waals surface area (Å²) in [5, 5.41) is 10.5. The highest BCUT2D eigenvalue weighted by molar-refractivity contribution is 9.11. The summed E-state index contributed by atoms with van der Waals surface area (Å²) in [6.45, 7) is 0. The molecule has 0 saturated carbocycles. The van der Waals surface area contributed by atoms with Gasteiger partial charge in [-0.15, -0.1) is 0 Å². The first kappa shape index (κ1) is 14.0. The molecule has 1 aromatic carbocycles. The lowest BCUT2D eigenvalue weighted by molar-refractivity contribution is -0.407. The van der Waals surface area contributed by atoms with Gasteiger partial charge in [-0.1, -0.05) is 15.9 Å². The molecule has 92 valence electrons. The van der Waals surface area contributed by atoms with Crippen molar-refractivity contribution >= 4 is 37.9 Å². The molecule has 0 bridgehead atoms. The molecule has 17 heavy (non-hydrogen) atoms. The van der Waals surface area contributed by atoms with Gasteiger partial charge in [0.15, 0.2) is 11.5 Å². The second-order valence-corrected chi connectivity index (χ2v) is 4.62. The van der Waals surface area contributed by atoms with Crippen LogP contribution < -0.4 is 9.47 Å². The van der Waals surface area contributed by atoms with Crippen molar-refractivity contribution in [1.82, 2.24) is 0 Å². The molecule has 0 aliphatic heterocycles. The van der Waals surface area contributed by atoms with Gasteiger partial charge < -0.3 is 9.47 Å². The van der Waals surface area contributed by atoms with Crippen LogP contribution in [0.3, 0.4) is 0 Å². The van der Waals surface area contributed by atoms with Crippen LogP contribution in [0.1, 0.15) is 5.56 Å². The predicted octanol–water partition coefficient (Wildman–Crippen LogP) is 3.44. The van der Waals surface area contributed by atoms with E-state index in [-0.39, 0.29) is 4.61 Å². The maximum absolute atomic E-state index is 10.5. The van der Waals surface area contributed by atoms with Gasteiger partial charge in [0.25, 0.3) is 0 Å². The number of methoxy groups -OCH3 is 2. The van der Waals surface area contributed by atoms with Gasteiger partial charge in [-0.05, 0) is 17.7 Å². The Labute approximate surface area is 115 Å². The zero-order chi connectivity index (χ0) is 13.0. The van der Waals surface area contributed by atoms with E-state index in [2.05, 4.69) is 31.9 Å². The van der Waals surface area contributed by atoms with E-state index in [9.17, 15) is 10.1 Å². The Hall–Kier alpha value is -1.08. The molecular weight excluding hydrogens is 358 g/mol. The van der Waals surface area contributed by atoms with Gasteiger partial charge >= 0.3 is 4.61 Å². The number of halogens is 2. The van der Waals surface area contributed by atoms with Crippen molar-refractivity contribution in [1.29, 1.82) is 0 Å². The largest absolute Gasteiger partial charge is 0.493 e. The normalized spacial score (nSPS) is 11.2. The van der Waals surface area contributed by atoms with Crippen LogP contribution in [0.2, 0.25) is 0 Å². The number of rotatable bonds is 4. The first-order chi connectivity index (χ1) is 7.99. The standard InChI is InChI=1S/C10H9Br2NO4/c1-16-8-3-6(4-10(12)13(14)15)7(11)5-9(8)17-2/h3-5H,1-2H3. The van der Waals surface area contributed by atoms with Crippen molar-refractivity contribution in [2.75, 3.05) is 14.2 Å². The van der Waals surface area contributed by atoms with Crippen LogP contribution in [0.25, 0.3) is 6.08 Å². The number of nitrogens with zero attached hydrogens (tertiary/aromatic N) is 1. The highest BCUT2D eigenvalue weighted by atomic mass is 79.9. The molecule has 0 amide bonds. The smallest absolute Gasteiger partial charge is 0.311 e. The van der Waals surface area contributed by atoms with Gasteiger partial charge in [-0.3, -0.25) is 10.1 Å². The monoisotopic (exact) mass is 365 g/mol. The van der Waals surface area contributed by atoms with Gasteiger partial charge in [-0.25, -0.2) is 0 Å². The minimum absolute atomic E-state index is 0.134. The molecule has 0 fully saturated rings. The fourth-order valence-corrected chi connectivity index (χ4v) is 1.84. The van der Waals surface area contributed by atoms with E-state index in [1.54, 1.807) is 12.1 Å². The minimum Gasteiger partial charge on any atom is -0.493 e. The highest BCUT2D eigenvalue weighted by Gasteiger charge is 2.11. The van der Waals surface area contributed by atoms with Crippen LogP contribution in [0, 0.1) is 10.1 Å². The third-order valence-electron chi connectivity index (χ3n) is 1.95. The topological polar surface area (TPSA) is 61.6 Å². The molecule has 7 heteroatoms. The molecular formula is C10H9Br2NO4. The molecule has 1 rings (SSSR count). The first-order valence-electron chi connectivity index (χ1n) is 4.42. The maximum atomic E-state index is 10.5. The number of hydrogen-bond donors (Lipinski definition) is 0. The SMILES string of the molecule is COc1cc(Br)c(C=C(Br)[N+](=O)[O-])cc1OC. The Morgan fingerprint density at radius 1 is 1.35 bits per heavy atom. The van der Waals surface area contributed by atoms with Crippen molar-refractivity contribution in [2.24, 2.45) is 0 Å². The highest BCUT2D eigenvalue weighted by Crippen LogP contribution is 2.34. The fourth-order valence-electron chi connectivity index (χ4n) is 1.16. The molecule has 0 aliphatic rings. The number of ether oxygens (including phenoxy) is 2. The summed E-state index contributed by atoms with van der Waals surface area (Å²) in [6.07, 6.45) is 1.38. The summed E-state index contributed by atoms with van der Waals surface area (Å²) in [6, 6.07) is 3.33. The van der Waals surface area contributed by atoms with E-state index in [4.69, 9.17) is 9.47 Å². The summed E-state index contributed by atoms with van der Waals surface area (Å²) in [4.78, 5) is 9.99. The second kappa shape index (κ2) is 6.02. The third-order valence-corrected chi connectivity index (χ3v) is 3.16. The molecule has 0 radical (unpaired) electrons. The van der Waals surface area contributed by atoms with Gasteiger partial charge in [0.1, 0.15) is 0 Å². The first-order valence-corrected chi connectivity index (χ1v) is 6.01. The van der Waals surface area contributed by atoms with Crippen molar-refractivity contribution in [3.05, 3.63) is 36.9 Å². The average Bonchev–Trinajstić information content (AvgIpc) is 2.30. The van der Waals surface area contributed by atoms with Crippen LogP contribution in [-0.2, 0) is 0 Å². The molecule has 0 spiro atoms. The van der Waals surface area contributed by atoms with Crippen molar-refractivity contribution in [2.45, 2.75) is 0 Å². The Bertz CT molecular complexity index is 474. The minimum atomic E-state index is -0.525. The fraction of sp³-hybridized carbons (Fsp3) is 0.200. The molecule has 0 aliphatic carbocycles. The predicted molar refractivity (Wildman–Crippen MR) is 71.1 cm³/mol. The number of hydrogen-bond acceptors (Lipinski definition) is 4. The molecule has 0 N–H and O–H groups in total. The Kier molecular flexibility index (Phi) is 4.95. The molecule has 0 heterocycles. The zero-order valence-corrected chi connectivity index (χ0v) is 12.2. The van der Waals surface area contributed by atoms with Crippen LogP contribution in [0.5, 0.6) is 11.5 Å². The van der Waals surface area contributed by atoms with Crippen LogP contribution in [0.15, 0.2) is 21.2 Å². The molecule has 0 aromatic heterocycles. The average molecular weight is 367 g/mol. The lowest BCUT2D eigenvalue weighted by Gasteiger charge is -2.09. The lowest BCUT2D eigenvalue weighted by atomic mass is 10.2. The van der Waals surface area contributed by atoms with Gasteiger partial charge in [-0.2, -0.15) is 0 Å². The van der Waals surface area contributed by atoms with Crippen molar-refractivity contribution < 1.29 is 14.4 Å². The molecule has 0 saturated heterocycles. The van der Waals surface area contributed by atoms with E-state index in [1.807, 2.05) is 0 Å². The molecule has 0 atom stereocenters. The van der Waals surface area contributed by atoms with E-state index in [0.29, 0.717) is 21.5 Å². The van der Waals surface area contributed by atoms with Crippen molar-refractivity contribution in [3.63, 3.8) is 0 Å². The summed E-state index contributed by atoms with van der Waals surface area (Å²) < 4.78 is 10.8. The van der Waals surface area contributed by atoms with Crippen molar-refractivity contribution in [3.8, 4) is 11.5 Å². The maximum Gasteiger partial charge on any atom is 0.311 e. The van der Waals surface area contributed by atoms with Gasteiger partial charge in [0.05, 0.1) is 19.1 Å². The number of benzene rings is 1. The quantitative estimate of drug-likeness (QED) is 0.465. The molecule has 5 nitrogen and oxygen atoms in total. The number of nitro groups is 1. The summed E-state index contributed by atoms with van der Waals surface area (Å²) >= 11 is 6.17. The summed E-state index contributed by atoms with van der Waals surface area (Å²) in [5.74, 6) is 1.05. The Morgan fingerprint density at radius 2 is 1.88 bits per heavy atom. The summed E-state index contributed by atoms with van der Waals surface area (Å²) in [7, 11) is 3.02. The zero-order valence-electron chi connectivity index (χ0n) is 9.07. The summed E-state index contributed by atoms with van der Waals surface area (Å²) in [5.41, 5.74) is 0.617. The Balaban J connectivity index is 3.26. The van der Waals surface area contributed by atoms with E-state index >= 15 is 0 Å². The van der Waals surface area contributed by atoms with E-state index in [0.717, 1.165) is 0 Å². The van der Waals surface area contributed by atoms with Gasteiger partial charge in [0.2, 0.25) is 0 Å². The second-order valence-electron chi connectivity index (χ2n) is 2.95. The molecule has 0 unspecified atom stereocenters. The van der Waals surface area contributed by atoms with Crippen LogP contribution >= 0.6 is 31.9 Å². The molecule has 1 aromatic rings. The Morgan fingerprint density at radius 3 is 2.35 bits per heavy atom. The lowest BCUT2D eigenvalue weighted by Crippen LogP contribution is -1.93. The van der Waals surface area contributed by atoms with E-state index in [1.165, 1.54) is 20.3 Å². The van der Waals surface area contributed by atoms with Crippen LogP contribution in [-0.4, -0.2) is 19.1 Å². The van der Waals surface area contributed by atoms with Gasteiger partial charge in [0, 0.05) is 26.5 Å². The van der Waals surface area contributed by atoms with E-state index < -0.39 is 4.92 Å².